The number of para-hydroxylation sites is 2. The van der Waals surface area contributed by atoms with Crippen molar-refractivity contribution >= 4 is 59.1 Å². The van der Waals surface area contributed by atoms with E-state index in [1.807, 2.05) is 37.3 Å². The zero-order valence-electron chi connectivity index (χ0n) is 16.1. The van der Waals surface area contributed by atoms with Crippen molar-refractivity contribution in [3.63, 3.8) is 0 Å². The molecule has 10 heteroatoms. The number of rotatable bonds is 8. The molecule has 2 heterocycles. The minimum Gasteiger partial charge on any atom is -0.493 e. The van der Waals surface area contributed by atoms with Gasteiger partial charge in [0.2, 0.25) is 0 Å². The summed E-state index contributed by atoms with van der Waals surface area (Å²) < 4.78 is 23.5. The van der Waals surface area contributed by atoms with Gasteiger partial charge in [0.15, 0.2) is 5.16 Å². The van der Waals surface area contributed by atoms with E-state index < -0.39 is 10.8 Å². The van der Waals surface area contributed by atoms with Gasteiger partial charge in [-0.1, -0.05) is 12.1 Å². The molecule has 1 atom stereocenters. The van der Waals surface area contributed by atoms with Crippen molar-refractivity contribution in [2.45, 2.75) is 24.3 Å². The Labute approximate surface area is 213 Å². The first kappa shape index (κ1) is 26.2. The number of fused-ring (bicyclic) bond motifs is 1. The summed E-state index contributed by atoms with van der Waals surface area (Å²) in [5.41, 5.74) is 3.35. The van der Waals surface area contributed by atoms with Crippen LogP contribution in [0.1, 0.15) is 17.7 Å². The average molecular weight is 636 g/mol. The van der Waals surface area contributed by atoms with Crippen molar-refractivity contribution in [2.75, 3.05) is 20.3 Å². The van der Waals surface area contributed by atoms with Crippen LogP contribution in [-0.2, 0) is 21.3 Å². The van der Waals surface area contributed by atoms with Gasteiger partial charge in [-0.05, 0) is 25.1 Å². The molecule has 0 bridgehead atoms. The Balaban J connectivity index is 0.00000127. The van der Waals surface area contributed by atoms with Crippen molar-refractivity contribution in [3.8, 4) is 5.75 Å². The number of hydrogen-bond acceptors (Lipinski definition) is 5. The molecule has 3 aromatic rings. The van der Waals surface area contributed by atoms with Gasteiger partial charge in [-0.25, -0.2) is 4.98 Å². The topological polar surface area (TPSA) is 77.1 Å². The molecule has 0 fully saturated rings. The van der Waals surface area contributed by atoms with Crippen molar-refractivity contribution in [1.82, 2.24) is 15.0 Å². The molecule has 146 valence electrons. The monoisotopic (exact) mass is 636 g/mol. The Morgan fingerprint density at radius 2 is 1.93 bits per heavy atom. The molecular formula is C18H21I2N3NaO3S+. The second-order valence-corrected chi connectivity index (χ2v) is 6.99. The Morgan fingerprint density at radius 3 is 2.64 bits per heavy atom. The summed E-state index contributed by atoms with van der Waals surface area (Å²) in [6.45, 7) is 3.17. The van der Waals surface area contributed by atoms with Gasteiger partial charge in [-0.3, -0.25) is 9.19 Å². The molecule has 28 heavy (non-hydrogen) atoms. The first-order chi connectivity index (χ1) is 13.2. The third kappa shape index (κ3) is 7.47. The Bertz CT molecular complexity index is 862. The minimum atomic E-state index is -1.30. The molecule has 0 spiro atoms. The standard InChI is InChI=1S/C18H21N3O3S.I2.Na/c1-13-16(19-9-8-17(13)24-11-5-10-23-2)12-25(22)18-20-14-6-3-4-7-15(14)21-18;1-2;/h3-4,6-9H,5,10-12H2,1-2H3,(H,20,21);;/q;;+1. The summed E-state index contributed by atoms with van der Waals surface area (Å²) in [7, 11) is 0.371. The molecule has 0 saturated heterocycles. The van der Waals surface area contributed by atoms with Crippen LogP contribution in [0.15, 0.2) is 41.7 Å². The summed E-state index contributed by atoms with van der Waals surface area (Å²) in [6, 6.07) is 9.47. The molecule has 6 nitrogen and oxygen atoms in total. The van der Waals surface area contributed by atoms with Gasteiger partial charge < -0.3 is 14.5 Å². The van der Waals surface area contributed by atoms with Gasteiger partial charge in [-0.15, -0.1) is 0 Å². The number of methoxy groups -OCH3 is 1. The number of nitrogens with zero attached hydrogens (tertiary/aromatic N) is 2. The Hall–Kier alpha value is 0.210. The number of aromatic amines is 1. The van der Waals surface area contributed by atoms with Gasteiger partial charge in [0.1, 0.15) is 5.75 Å². The van der Waals surface area contributed by atoms with Crippen LogP contribution < -0.4 is 34.3 Å². The summed E-state index contributed by atoms with van der Waals surface area (Å²) in [5, 5.41) is 0.466. The predicted octanol–water partition coefficient (Wildman–Crippen LogP) is 1.76. The van der Waals surface area contributed by atoms with Gasteiger partial charge in [0.25, 0.3) is 0 Å². The van der Waals surface area contributed by atoms with E-state index in [4.69, 9.17) is 9.47 Å². The Kier molecular flexibility index (Phi) is 13.4. The van der Waals surface area contributed by atoms with E-state index >= 15 is 0 Å². The molecule has 1 unspecified atom stereocenters. The van der Waals surface area contributed by atoms with Crippen LogP contribution in [0.3, 0.4) is 0 Å². The maximum atomic E-state index is 12.7. The van der Waals surface area contributed by atoms with Crippen molar-refractivity contribution in [1.29, 1.82) is 0 Å². The maximum absolute atomic E-state index is 12.7. The summed E-state index contributed by atoms with van der Waals surface area (Å²) in [5.74, 6) is 1.06. The molecule has 0 aliphatic rings. The third-order valence-electron chi connectivity index (χ3n) is 3.86. The number of nitrogens with one attached hydrogen (secondary N) is 1. The normalized spacial score (nSPS) is 11.3. The maximum Gasteiger partial charge on any atom is 1.00 e. The van der Waals surface area contributed by atoms with E-state index in [1.54, 1.807) is 13.3 Å². The number of benzene rings is 1. The SMILES string of the molecule is COCCCOc1ccnc(CS(=O)c2nc3ccccc3[nH]2)c1C.II.[Na+]. The van der Waals surface area contributed by atoms with E-state index in [-0.39, 0.29) is 29.6 Å². The average Bonchev–Trinajstić information content (AvgIpc) is 3.14. The summed E-state index contributed by atoms with van der Waals surface area (Å²) >= 11 is 4.24. The van der Waals surface area contributed by atoms with E-state index in [1.165, 1.54) is 0 Å². The van der Waals surface area contributed by atoms with E-state index in [0.29, 0.717) is 24.1 Å². The zero-order valence-corrected chi connectivity index (χ0v) is 23.2. The second-order valence-electron chi connectivity index (χ2n) is 5.62. The van der Waals surface area contributed by atoms with Crippen LogP contribution in [0.5, 0.6) is 5.75 Å². The first-order valence-electron chi connectivity index (χ1n) is 8.22. The molecule has 1 aromatic carbocycles. The van der Waals surface area contributed by atoms with Crippen LogP contribution in [0.25, 0.3) is 11.0 Å². The van der Waals surface area contributed by atoms with Gasteiger partial charge >= 0.3 is 29.6 Å². The van der Waals surface area contributed by atoms with Crippen LogP contribution in [0, 0.1) is 6.92 Å². The summed E-state index contributed by atoms with van der Waals surface area (Å²) in [6.07, 6.45) is 2.50. The largest absolute Gasteiger partial charge is 1.00 e. The molecular weight excluding hydrogens is 615 g/mol. The minimum absolute atomic E-state index is 0. The third-order valence-corrected chi connectivity index (χ3v) is 5.02. The van der Waals surface area contributed by atoms with Gasteiger partial charge in [0.05, 0.1) is 39.9 Å². The molecule has 2 aromatic heterocycles. The molecule has 0 aliphatic carbocycles. The van der Waals surface area contributed by atoms with Gasteiger partial charge in [-0.2, -0.15) is 0 Å². The molecule has 3 rings (SSSR count). The zero-order chi connectivity index (χ0) is 19.6. The fourth-order valence-electron chi connectivity index (χ4n) is 2.48. The smallest absolute Gasteiger partial charge is 0.493 e. The molecule has 0 aliphatic heterocycles. The number of halogens is 2. The second kappa shape index (κ2) is 14.3. The fourth-order valence-corrected chi connectivity index (χ4v) is 3.58. The van der Waals surface area contributed by atoms with Crippen LogP contribution in [0.4, 0.5) is 0 Å². The van der Waals surface area contributed by atoms with E-state index in [9.17, 15) is 4.21 Å². The molecule has 1 N–H and O–H groups in total. The first-order valence-corrected chi connectivity index (χ1v) is 15.8. The van der Waals surface area contributed by atoms with Crippen LogP contribution in [-0.4, -0.2) is 39.5 Å². The molecule has 0 saturated carbocycles. The molecule has 0 amide bonds. The number of ether oxygens (including phenoxy) is 2. The quantitative estimate of drug-likeness (QED) is 0.232. The molecule has 0 radical (unpaired) electrons. The number of H-pyrrole nitrogens is 1. The predicted molar refractivity (Wildman–Crippen MR) is 125 cm³/mol. The number of pyridine rings is 1. The Morgan fingerprint density at radius 1 is 1.18 bits per heavy atom. The fraction of sp³-hybridized carbons (Fsp3) is 0.333. The van der Waals surface area contributed by atoms with Crippen LogP contribution in [0.2, 0.25) is 0 Å². The van der Waals surface area contributed by atoms with E-state index in [0.717, 1.165) is 34.5 Å². The van der Waals surface area contributed by atoms with Crippen molar-refractivity contribution < 1.29 is 43.2 Å². The summed E-state index contributed by atoms with van der Waals surface area (Å²) in [4.78, 5) is 11.9. The van der Waals surface area contributed by atoms with Crippen molar-refractivity contribution in [2.24, 2.45) is 0 Å². The number of hydrogen-bond donors (Lipinski definition) is 1. The van der Waals surface area contributed by atoms with Crippen molar-refractivity contribution in [3.05, 3.63) is 47.8 Å². The number of aromatic nitrogens is 3. The van der Waals surface area contributed by atoms with Gasteiger partial charge in [0, 0.05) is 69.1 Å². The number of imidazole rings is 1. The van der Waals surface area contributed by atoms with E-state index in [2.05, 4.69) is 52.2 Å². The van der Waals surface area contributed by atoms with Crippen LogP contribution >= 0.6 is 37.2 Å².